The molecule has 1 heterocycles. The number of hydrogen-bond donors (Lipinski definition) is 2. The predicted molar refractivity (Wildman–Crippen MR) is 150 cm³/mol. The number of para-hydroxylation sites is 1. The lowest BCUT2D eigenvalue weighted by Crippen LogP contribution is -2.45. The zero-order valence-electron chi connectivity index (χ0n) is 21.8. The number of unbranched alkanes of at least 4 members (excludes halogenated alkanes) is 2. The van der Waals surface area contributed by atoms with E-state index in [1.807, 2.05) is 44.2 Å². The molecule has 0 spiro atoms. The Bertz CT molecular complexity index is 1070. The lowest BCUT2D eigenvalue weighted by Gasteiger charge is -2.35. The number of fused-ring (bicyclic) bond motifs is 2. The Kier molecular flexibility index (Phi) is 11.9. The average molecular weight is 563 g/mol. The smallest absolute Gasteiger partial charge is 0.407 e. The zero-order valence-corrected chi connectivity index (χ0v) is 23.4. The summed E-state index contributed by atoms with van der Waals surface area (Å²) in [5.41, 5.74) is 1.38. The maximum absolute atomic E-state index is 14.0. The van der Waals surface area contributed by atoms with Crippen molar-refractivity contribution in [3.8, 4) is 0 Å². The number of carbonyl (C=O) groups excluding carboxylic acids is 3. The first-order chi connectivity index (χ1) is 18.4. The van der Waals surface area contributed by atoms with Crippen LogP contribution in [0.15, 0.2) is 52.3 Å². The fraction of sp³-hybridized carbons (Fsp3) is 0.444. The van der Waals surface area contributed by atoms with Crippen molar-refractivity contribution in [2.45, 2.75) is 49.3 Å². The molecule has 0 saturated heterocycles. The summed E-state index contributed by atoms with van der Waals surface area (Å²) in [5.74, 6) is 0. The van der Waals surface area contributed by atoms with Gasteiger partial charge in [-0.3, -0.25) is 4.90 Å². The number of amides is 4. The molecular formula is C27H35ClN4O5S. The van der Waals surface area contributed by atoms with Gasteiger partial charge in [-0.2, -0.15) is 0 Å². The monoisotopic (exact) mass is 562 g/mol. The highest BCUT2D eigenvalue weighted by Gasteiger charge is 2.31. The van der Waals surface area contributed by atoms with Crippen LogP contribution in [0.3, 0.4) is 0 Å². The van der Waals surface area contributed by atoms with E-state index in [4.69, 9.17) is 21.1 Å². The fourth-order valence-electron chi connectivity index (χ4n) is 3.71. The second-order valence-electron chi connectivity index (χ2n) is 8.62. The molecule has 4 amide bonds. The van der Waals surface area contributed by atoms with Gasteiger partial charge >= 0.3 is 18.2 Å². The maximum atomic E-state index is 14.0. The second kappa shape index (κ2) is 15.3. The van der Waals surface area contributed by atoms with Gasteiger partial charge < -0.3 is 25.0 Å². The minimum absolute atomic E-state index is 0.0148. The lowest BCUT2D eigenvalue weighted by molar-refractivity contribution is 0.114. The molecular weight excluding hydrogens is 528 g/mol. The minimum Gasteiger partial charge on any atom is -0.448 e. The van der Waals surface area contributed by atoms with Gasteiger partial charge in [-0.05, 0) is 43.2 Å². The van der Waals surface area contributed by atoms with Gasteiger partial charge in [-0.15, -0.1) is 0 Å². The van der Waals surface area contributed by atoms with Crippen LogP contribution in [-0.2, 0) is 9.47 Å². The van der Waals surface area contributed by atoms with Gasteiger partial charge in [0, 0.05) is 27.9 Å². The molecule has 11 heteroatoms. The first kappa shape index (κ1) is 29.4. The summed E-state index contributed by atoms with van der Waals surface area (Å²) in [5, 5.41) is 5.90. The van der Waals surface area contributed by atoms with Crippen molar-refractivity contribution in [2.24, 2.45) is 0 Å². The van der Waals surface area contributed by atoms with E-state index in [0.29, 0.717) is 23.8 Å². The molecule has 1 aliphatic heterocycles. The zero-order chi connectivity index (χ0) is 27.3. The highest BCUT2D eigenvalue weighted by Crippen LogP contribution is 2.49. The highest BCUT2D eigenvalue weighted by atomic mass is 35.5. The molecule has 0 unspecified atom stereocenters. The van der Waals surface area contributed by atoms with E-state index in [2.05, 4.69) is 10.6 Å². The number of ether oxygens (including phenoxy) is 2. The Morgan fingerprint density at radius 3 is 2.05 bits per heavy atom. The van der Waals surface area contributed by atoms with Gasteiger partial charge in [0.25, 0.3) is 0 Å². The van der Waals surface area contributed by atoms with Gasteiger partial charge in [0.2, 0.25) is 0 Å². The number of benzene rings is 2. The minimum atomic E-state index is -0.533. The Morgan fingerprint density at radius 2 is 1.45 bits per heavy atom. The van der Waals surface area contributed by atoms with E-state index in [9.17, 15) is 14.4 Å². The number of nitrogens with one attached hydrogen (secondary N) is 2. The number of urea groups is 1. The number of alkyl carbamates (subject to hydrolysis) is 2. The van der Waals surface area contributed by atoms with Gasteiger partial charge in [-0.1, -0.05) is 62.2 Å². The Labute approximate surface area is 233 Å². The van der Waals surface area contributed by atoms with Crippen LogP contribution in [0.2, 0.25) is 5.02 Å². The summed E-state index contributed by atoms with van der Waals surface area (Å²) < 4.78 is 10.6. The van der Waals surface area contributed by atoms with E-state index in [1.165, 1.54) is 4.90 Å². The van der Waals surface area contributed by atoms with Crippen molar-refractivity contribution in [3.05, 3.63) is 47.5 Å². The van der Waals surface area contributed by atoms with E-state index < -0.39 is 12.2 Å². The van der Waals surface area contributed by atoms with Crippen LogP contribution >= 0.6 is 23.4 Å². The SMILES string of the molecule is CCCCNC(=O)OCCN(CCOC(=O)NCCCC)C(=O)N1c2ccccc2Sc2ccc(Cl)cc21. The largest absolute Gasteiger partial charge is 0.448 e. The lowest BCUT2D eigenvalue weighted by atomic mass is 10.2. The highest BCUT2D eigenvalue weighted by molar-refractivity contribution is 7.99. The summed E-state index contributed by atoms with van der Waals surface area (Å²) in [4.78, 5) is 43.0. The molecule has 0 atom stereocenters. The van der Waals surface area contributed by atoms with Crippen molar-refractivity contribution in [3.63, 3.8) is 0 Å². The number of nitrogens with zero attached hydrogens (tertiary/aromatic N) is 2. The van der Waals surface area contributed by atoms with Crippen molar-refractivity contribution in [2.75, 3.05) is 44.3 Å². The molecule has 9 nitrogen and oxygen atoms in total. The van der Waals surface area contributed by atoms with E-state index in [1.54, 1.807) is 28.8 Å². The maximum Gasteiger partial charge on any atom is 0.407 e. The molecule has 0 bridgehead atoms. The summed E-state index contributed by atoms with van der Waals surface area (Å²) in [6.45, 7) is 5.32. The van der Waals surface area contributed by atoms with Crippen LogP contribution in [0, 0.1) is 0 Å². The van der Waals surface area contributed by atoms with Crippen LogP contribution in [0.1, 0.15) is 39.5 Å². The summed E-state index contributed by atoms with van der Waals surface area (Å²) >= 11 is 7.86. The molecule has 38 heavy (non-hydrogen) atoms. The standard InChI is InChI=1S/C27H35ClN4O5S/c1-3-5-13-29-25(33)36-17-15-31(16-18-37-26(34)30-14-6-4-2)27(35)32-21-9-7-8-10-23(21)38-24-12-11-20(28)19-22(24)32/h7-12,19H,3-6,13-18H2,1-2H3,(H,29,33)(H,30,34). The van der Waals surface area contributed by atoms with Crippen LogP contribution < -0.4 is 15.5 Å². The Hall–Kier alpha value is -3.11. The molecule has 2 aromatic carbocycles. The number of anilines is 2. The number of carbonyl (C=O) groups is 3. The number of hydrogen-bond acceptors (Lipinski definition) is 6. The molecule has 0 aromatic heterocycles. The van der Waals surface area contributed by atoms with E-state index in [-0.39, 0.29) is 32.3 Å². The molecule has 3 rings (SSSR count). The molecule has 206 valence electrons. The Balaban J connectivity index is 1.75. The molecule has 2 N–H and O–H groups in total. The number of halogens is 1. The third-order valence-electron chi connectivity index (χ3n) is 5.74. The van der Waals surface area contributed by atoms with Crippen molar-refractivity contribution >= 4 is 53.0 Å². The van der Waals surface area contributed by atoms with Gasteiger partial charge in [0.15, 0.2) is 0 Å². The van der Waals surface area contributed by atoms with Crippen LogP contribution in [0.4, 0.5) is 25.8 Å². The Morgan fingerprint density at radius 1 is 0.868 bits per heavy atom. The van der Waals surface area contributed by atoms with E-state index >= 15 is 0 Å². The van der Waals surface area contributed by atoms with Crippen LogP contribution in [-0.4, -0.2) is 62.5 Å². The third kappa shape index (κ3) is 8.46. The van der Waals surface area contributed by atoms with Gasteiger partial charge in [-0.25, -0.2) is 14.4 Å². The molecule has 0 saturated carbocycles. The molecule has 0 fully saturated rings. The fourth-order valence-corrected chi connectivity index (χ4v) is 4.92. The summed E-state index contributed by atoms with van der Waals surface area (Å²) in [7, 11) is 0. The quantitative estimate of drug-likeness (QED) is 0.290. The normalized spacial score (nSPS) is 11.7. The van der Waals surface area contributed by atoms with Crippen LogP contribution in [0.5, 0.6) is 0 Å². The second-order valence-corrected chi connectivity index (χ2v) is 10.1. The van der Waals surface area contributed by atoms with Crippen molar-refractivity contribution < 1.29 is 23.9 Å². The summed E-state index contributed by atoms with van der Waals surface area (Å²) in [6, 6.07) is 12.7. The van der Waals surface area contributed by atoms with Gasteiger partial charge in [0.05, 0.1) is 24.5 Å². The third-order valence-corrected chi connectivity index (χ3v) is 7.10. The molecule has 2 aromatic rings. The van der Waals surface area contributed by atoms with Crippen molar-refractivity contribution in [1.82, 2.24) is 15.5 Å². The number of rotatable bonds is 12. The van der Waals surface area contributed by atoms with Gasteiger partial charge in [0.1, 0.15) is 13.2 Å². The van der Waals surface area contributed by atoms with E-state index in [0.717, 1.165) is 41.2 Å². The predicted octanol–water partition coefficient (Wildman–Crippen LogP) is 6.42. The first-order valence-corrected chi connectivity index (χ1v) is 14.1. The average Bonchev–Trinajstić information content (AvgIpc) is 2.91. The molecule has 0 radical (unpaired) electrons. The first-order valence-electron chi connectivity index (χ1n) is 12.9. The summed E-state index contributed by atoms with van der Waals surface area (Å²) in [6.07, 6.45) is 2.55. The molecule has 1 aliphatic rings. The molecule has 0 aliphatic carbocycles. The topological polar surface area (TPSA) is 100 Å². The van der Waals surface area contributed by atoms with Crippen molar-refractivity contribution in [1.29, 1.82) is 0 Å². The van der Waals surface area contributed by atoms with Crippen LogP contribution in [0.25, 0.3) is 0 Å².